The number of likely N-dealkylation sites (N-methyl/N-ethyl adjacent to an activating group) is 1. The molecule has 0 amide bonds. The Balaban J connectivity index is 1.73. The van der Waals surface area contributed by atoms with E-state index in [2.05, 4.69) is 0 Å². The second-order valence-corrected chi connectivity index (χ2v) is 16.4. The van der Waals surface area contributed by atoms with Gasteiger partial charge in [0.05, 0.1) is 42.5 Å². The smallest absolute Gasteiger partial charge is 0.309 e. The van der Waals surface area contributed by atoms with Crippen LogP contribution in [0.2, 0.25) is 0 Å². The molecule has 4 aliphatic heterocycles. The summed E-state index contributed by atoms with van der Waals surface area (Å²) in [5.74, 6) is -2.92. The van der Waals surface area contributed by atoms with E-state index in [1.807, 2.05) is 13.0 Å². The molecule has 57 heavy (non-hydrogen) atoms. The number of ether oxygens (including phenoxy) is 9. The highest BCUT2D eigenvalue weighted by Crippen LogP contribution is 2.38. The first kappa shape index (κ1) is 47.1. The molecular formula is C40H65NO16. The van der Waals surface area contributed by atoms with Crippen molar-refractivity contribution in [2.75, 3.05) is 21.2 Å². The predicted molar refractivity (Wildman–Crippen MR) is 200 cm³/mol. The molecule has 18 atom stereocenters. The van der Waals surface area contributed by atoms with Crippen molar-refractivity contribution >= 4 is 24.2 Å². The molecule has 0 aromatic carbocycles. The average molecular weight is 816 g/mol. The Bertz CT molecular complexity index is 1380. The molecule has 17 heteroatoms. The molecule has 0 bridgehead atoms. The first-order valence-corrected chi connectivity index (χ1v) is 20.0. The van der Waals surface area contributed by atoms with E-state index in [9.17, 15) is 34.5 Å². The molecule has 17 nitrogen and oxygen atoms in total. The molecule has 3 N–H and O–H groups in total. The van der Waals surface area contributed by atoms with Gasteiger partial charge in [0.1, 0.15) is 55.1 Å². The second-order valence-electron chi connectivity index (χ2n) is 16.4. The third kappa shape index (κ3) is 12.5. The van der Waals surface area contributed by atoms with Gasteiger partial charge < -0.3 is 67.6 Å². The monoisotopic (exact) mass is 815 g/mol. The number of carbonyl (C=O) groups is 4. The zero-order chi connectivity index (χ0) is 42.4. The summed E-state index contributed by atoms with van der Waals surface area (Å²) in [6.45, 7) is 11.3. The molecule has 0 aromatic rings. The Morgan fingerprint density at radius 3 is 2.28 bits per heavy atom. The Morgan fingerprint density at radius 1 is 0.982 bits per heavy atom. The fourth-order valence-electron chi connectivity index (χ4n) is 8.26. The van der Waals surface area contributed by atoms with Crippen LogP contribution in [0.25, 0.3) is 0 Å². The Kier molecular flexibility index (Phi) is 17.0. The van der Waals surface area contributed by atoms with Crippen molar-refractivity contribution in [3.05, 3.63) is 12.2 Å². The van der Waals surface area contributed by atoms with Crippen molar-refractivity contribution in [2.24, 2.45) is 11.8 Å². The van der Waals surface area contributed by atoms with Gasteiger partial charge in [0.25, 0.3) is 0 Å². The lowest BCUT2D eigenvalue weighted by Crippen LogP contribution is -2.65. The number of hydrogen-bond donors (Lipinski definition) is 3. The largest absolute Gasteiger partial charge is 0.462 e. The number of aliphatic hydroxyl groups is 3. The number of hydrogen-bond acceptors (Lipinski definition) is 17. The highest BCUT2D eigenvalue weighted by atomic mass is 16.7. The standard InChI is InChI=1S/C40H65NO16/c1-11-30(44)55-26-12-13-27-28(54-27)17-21(3)50-31(45)18-29(53-24(6)43)37(49-10)36(25(14-15-42)16-20(26)2)57-39-34(46)33(41(8)9)35(22(4)52-39)56-32-19-40(7,48)38(47)23(5)51-32/h12-13,15,20-23,25-29,32-39,46-48H,11,14,16-19H2,1-10H3. The summed E-state index contributed by atoms with van der Waals surface area (Å²) in [6.07, 6.45) is -8.08. The minimum atomic E-state index is -1.50. The highest BCUT2D eigenvalue weighted by Gasteiger charge is 2.52. The summed E-state index contributed by atoms with van der Waals surface area (Å²) in [5.41, 5.74) is -1.50. The highest BCUT2D eigenvalue weighted by molar-refractivity contribution is 5.72. The molecular weight excluding hydrogens is 750 g/mol. The minimum Gasteiger partial charge on any atom is -0.462 e. The molecule has 4 rings (SSSR count). The van der Waals surface area contributed by atoms with Crippen LogP contribution in [0.3, 0.4) is 0 Å². The Morgan fingerprint density at radius 2 is 1.68 bits per heavy atom. The average Bonchev–Trinajstić information content (AvgIpc) is 3.86. The first-order valence-electron chi connectivity index (χ1n) is 20.0. The molecule has 0 aliphatic carbocycles. The maximum atomic E-state index is 13.4. The summed E-state index contributed by atoms with van der Waals surface area (Å²) < 4.78 is 54.4. The zero-order valence-electron chi connectivity index (χ0n) is 34.9. The first-order chi connectivity index (χ1) is 26.8. The lowest BCUT2D eigenvalue weighted by molar-refractivity contribution is -0.344. The van der Waals surface area contributed by atoms with Crippen LogP contribution >= 0.6 is 0 Å². The van der Waals surface area contributed by atoms with Crippen LogP contribution in [-0.2, 0) is 61.8 Å². The Hall–Kier alpha value is -2.58. The quantitative estimate of drug-likeness (QED) is 0.0887. The van der Waals surface area contributed by atoms with Crippen molar-refractivity contribution in [2.45, 2.75) is 184 Å². The summed E-state index contributed by atoms with van der Waals surface area (Å²) in [6, 6.07) is -0.776. The van der Waals surface area contributed by atoms with E-state index in [-0.39, 0.29) is 37.9 Å². The van der Waals surface area contributed by atoms with E-state index in [4.69, 9.17) is 42.6 Å². The number of fused-ring (bicyclic) bond motifs is 1. The van der Waals surface area contributed by atoms with Crippen LogP contribution in [0.5, 0.6) is 0 Å². The number of aldehydes is 1. The minimum absolute atomic E-state index is 0.0438. The van der Waals surface area contributed by atoms with Crippen LogP contribution < -0.4 is 0 Å². The van der Waals surface area contributed by atoms with Gasteiger partial charge in [0, 0.05) is 39.7 Å². The zero-order valence-corrected chi connectivity index (χ0v) is 34.9. The molecule has 18 unspecified atom stereocenters. The van der Waals surface area contributed by atoms with E-state index >= 15 is 0 Å². The van der Waals surface area contributed by atoms with Crippen molar-refractivity contribution < 1.29 is 77.1 Å². The van der Waals surface area contributed by atoms with Gasteiger partial charge >= 0.3 is 17.9 Å². The van der Waals surface area contributed by atoms with E-state index in [1.165, 1.54) is 21.0 Å². The van der Waals surface area contributed by atoms with Gasteiger partial charge in [-0.1, -0.05) is 19.9 Å². The van der Waals surface area contributed by atoms with Gasteiger partial charge in [-0.3, -0.25) is 14.4 Å². The maximum absolute atomic E-state index is 13.4. The number of methoxy groups -OCH3 is 1. The molecule has 3 fully saturated rings. The predicted octanol–water partition coefficient (Wildman–Crippen LogP) is 1.59. The Labute approximate surface area is 335 Å². The van der Waals surface area contributed by atoms with Crippen molar-refractivity contribution in [3.63, 3.8) is 0 Å². The maximum Gasteiger partial charge on any atom is 0.309 e. The number of rotatable bonds is 11. The van der Waals surface area contributed by atoms with Gasteiger partial charge in [0.2, 0.25) is 0 Å². The van der Waals surface area contributed by atoms with Crippen molar-refractivity contribution in [1.29, 1.82) is 0 Å². The summed E-state index contributed by atoms with van der Waals surface area (Å²) in [4.78, 5) is 52.7. The summed E-state index contributed by atoms with van der Waals surface area (Å²) in [7, 11) is 4.84. The number of nitrogens with zero attached hydrogens (tertiary/aromatic N) is 1. The fourth-order valence-corrected chi connectivity index (χ4v) is 8.26. The van der Waals surface area contributed by atoms with Gasteiger partial charge in [-0.15, -0.1) is 0 Å². The summed E-state index contributed by atoms with van der Waals surface area (Å²) >= 11 is 0. The van der Waals surface area contributed by atoms with E-state index < -0.39 is 121 Å². The van der Waals surface area contributed by atoms with E-state index in [0.29, 0.717) is 12.7 Å². The van der Waals surface area contributed by atoms with Gasteiger partial charge in [-0.25, -0.2) is 0 Å². The molecule has 326 valence electrons. The third-order valence-electron chi connectivity index (χ3n) is 11.3. The number of carbonyl (C=O) groups excluding carboxylic acids is 4. The molecule has 3 saturated heterocycles. The molecule has 0 aromatic heterocycles. The van der Waals surface area contributed by atoms with E-state index in [1.54, 1.807) is 52.8 Å². The van der Waals surface area contributed by atoms with Crippen LogP contribution in [0.4, 0.5) is 0 Å². The van der Waals surface area contributed by atoms with Crippen LogP contribution in [-0.4, -0.2) is 163 Å². The van der Waals surface area contributed by atoms with Crippen LogP contribution in [0.1, 0.15) is 87.0 Å². The van der Waals surface area contributed by atoms with Crippen LogP contribution in [0, 0.1) is 11.8 Å². The van der Waals surface area contributed by atoms with Crippen molar-refractivity contribution in [3.8, 4) is 0 Å². The lowest BCUT2D eigenvalue weighted by atomic mass is 9.82. The number of esters is 3. The topological polar surface area (TPSA) is 219 Å². The number of epoxide rings is 1. The van der Waals surface area contributed by atoms with E-state index in [0.717, 1.165) is 0 Å². The number of aliphatic hydroxyl groups excluding tert-OH is 2. The molecule has 0 saturated carbocycles. The van der Waals surface area contributed by atoms with Gasteiger partial charge in [-0.2, -0.15) is 0 Å². The van der Waals surface area contributed by atoms with Gasteiger partial charge in [0.15, 0.2) is 12.6 Å². The SMILES string of the molecule is CCC(=O)OC1C=CC2OC2CC(C)OC(=O)CC(OC(C)=O)C(OC)C(OC2OC(C)C(OC3CC(C)(O)C(O)C(C)O3)C(N(C)C)C2O)C(CC=O)CC1C. The number of cyclic esters (lactones) is 1. The van der Waals surface area contributed by atoms with Crippen LogP contribution in [0.15, 0.2) is 12.2 Å². The molecule has 0 spiro atoms. The summed E-state index contributed by atoms with van der Waals surface area (Å²) in [5, 5.41) is 33.4. The normalized spacial score (nSPS) is 43.4. The third-order valence-corrected chi connectivity index (χ3v) is 11.3. The molecule has 4 heterocycles. The lowest BCUT2D eigenvalue weighted by Gasteiger charge is -2.50. The van der Waals surface area contributed by atoms with Crippen molar-refractivity contribution in [1.82, 2.24) is 4.90 Å². The van der Waals surface area contributed by atoms with Gasteiger partial charge in [-0.05, 0) is 66.1 Å². The fraction of sp³-hybridized carbons (Fsp3) is 0.850. The molecule has 0 radical (unpaired) electrons. The second kappa shape index (κ2) is 20.6. The molecule has 4 aliphatic rings.